The second-order valence-electron chi connectivity index (χ2n) is 4.31. The molecule has 0 unspecified atom stereocenters. The van der Waals surface area contributed by atoms with E-state index in [1.165, 1.54) is 12.2 Å². The van der Waals surface area contributed by atoms with Crippen LogP contribution in [-0.4, -0.2) is 18.6 Å². The molecule has 0 aliphatic carbocycles. The van der Waals surface area contributed by atoms with E-state index in [2.05, 4.69) is 11.6 Å². The van der Waals surface area contributed by atoms with Gasteiger partial charge in [0.2, 0.25) is 0 Å². The van der Waals surface area contributed by atoms with E-state index in [4.69, 9.17) is 0 Å². The van der Waals surface area contributed by atoms with Crippen LogP contribution in [0.2, 0.25) is 0 Å². The Balaban J connectivity index is 1.97. The van der Waals surface area contributed by atoms with E-state index < -0.39 is 0 Å². The standard InChI is InChI=1S/C15H18FNS2/c1-18-8-3-7-17-11-12-5-6-14(16)13(10-12)15-4-2-9-19-15/h2,4-6,9-10,17H,3,7-8,11H2,1H3. The van der Waals surface area contributed by atoms with Crippen molar-refractivity contribution in [1.29, 1.82) is 0 Å². The minimum atomic E-state index is -0.145. The number of hydrogen-bond donors (Lipinski definition) is 1. The number of nitrogens with one attached hydrogen (secondary N) is 1. The Morgan fingerprint density at radius 3 is 2.95 bits per heavy atom. The van der Waals surface area contributed by atoms with E-state index >= 15 is 0 Å². The number of thioether (sulfide) groups is 1. The third-order valence-electron chi connectivity index (χ3n) is 2.85. The molecule has 4 heteroatoms. The lowest BCUT2D eigenvalue weighted by Gasteiger charge is -2.07. The van der Waals surface area contributed by atoms with E-state index in [1.54, 1.807) is 17.4 Å². The number of benzene rings is 1. The molecule has 0 saturated carbocycles. The molecule has 0 radical (unpaired) electrons. The summed E-state index contributed by atoms with van der Waals surface area (Å²) >= 11 is 3.43. The summed E-state index contributed by atoms with van der Waals surface area (Å²) in [6.07, 6.45) is 3.29. The highest BCUT2D eigenvalue weighted by Gasteiger charge is 2.06. The van der Waals surface area contributed by atoms with Crippen molar-refractivity contribution in [3.05, 3.63) is 47.1 Å². The molecule has 0 atom stereocenters. The lowest BCUT2D eigenvalue weighted by atomic mass is 10.1. The van der Waals surface area contributed by atoms with Gasteiger partial charge in [-0.25, -0.2) is 4.39 Å². The molecule has 0 fully saturated rings. The van der Waals surface area contributed by atoms with Crippen molar-refractivity contribution in [3.8, 4) is 10.4 Å². The third-order valence-corrected chi connectivity index (χ3v) is 4.45. The van der Waals surface area contributed by atoms with Crippen molar-refractivity contribution in [2.24, 2.45) is 0 Å². The molecule has 1 N–H and O–H groups in total. The summed E-state index contributed by atoms with van der Waals surface area (Å²) in [6, 6.07) is 9.27. The molecule has 19 heavy (non-hydrogen) atoms. The molecule has 0 spiro atoms. The van der Waals surface area contributed by atoms with Crippen LogP contribution in [0, 0.1) is 5.82 Å². The summed E-state index contributed by atoms with van der Waals surface area (Å²) in [5.74, 6) is 1.03. The first-order valence-corrected chi connectivity index (χ1v) is 8.60. The summed E-state index contributed by atoms with van der Waals surface area (Å²) in [7, 11) is 0. The lowest BCUT2D eigenvalue weighted by molar-refractivity contribution is 0.628. The predicted molar refractivity (Wildman–Crippen MR) is 84.4 cm³/mol. The van der Waals surface area contributed by atoms with Crippen molar-refractivity contribution in [3.63, 3.8) is 0 Å². The van der Waals surface area contributed by atoms with E-state index in [0.717, 1.165) is 23.5 Å². The minimum absolute atomic E-state index is 0.145. The summed E-state index contributed by atoms with van der Waals surface area (Å²) in [6.45, 7) is 1.81. The Labute approximate surface area is 122 Å². The van der Waals surface area contributed by atoms with Gasteiger partial charge in [-0.05, 0) is 54.1 Å². The number of hydrogen-bond acceptors (Lipinski definition) is 3. The van der Waals surface area contributed by atoms with Gasteiger partial charge in [0.15, 0.2) is 0 Å². The highest BCUT2D eigenvalue weighted by molar-refractivity contribution is 7.98. The largest absolute Gasteiger partial charge is 0.313 e. The molecule has 1 aromatic carbocycles. The average molecular weight is 295 g/mol. The maximum Gasteiger partial charge on any atom is 0.131 e. The first kappa shape index (κ1) is 14.6. The van der Waals surface area contributed by atoms with Crippen LogP contribution < -0.4 is 5.32 Å². The Morgan fingerprint density at radius 2 is 2.21 bits per heavy atom. The lowest BCUT2D eigenvalue weighted by Crippen LogP contribution is -2.15. The molecule has 1 nitrogen and oxygen atoms in total. The normalized spacial score (nSPS) is 10.8. The summed E-state index contributed by atoms with van der Waals surface area (Å²) in [5, 5.41) is 5.37. The van der Waals surface area contributed by atoms with Crippen molar-refractivity contribution >= 4 is 23.1 Å². The first-order chi connectivity index (χ1) is 9.31. The molecule has 2 rings (SSSR count). The van der Waals surface area contributed by atoms with Gasteiger partial charge >= 0.3 is 0 Å². The van der Waals surface area contributed by atoms with Gasteiger partial charge < -0.3 is 5.32 Å². The van der Waals surface area contributed by atoms with Crippen molar-refractivity contribution < 1.29 is 4.39 Å². The fourth-order valence-electron chi connectivity index (χ4n) is 1.88. The number of halogens is 1. The number of thiophene rings is 1. The van der Waals surface area contributed by atoms with Gasteiger partial charge in [-0.1, -0.05) is 12.1 Å². The van der Waals surface area contributed by atoms with E-state index in [1.807, 2.05) is 41.4 Å². The molecule has 0 aliphatic rings. The summed E-state index contributed by atoms with van der Waals surface area (Å²) < 4.78 is 13.8. The maximum absolute atomic E-state index is 13.8. The van der Waals surface area contributed by atoms with Gasteiger partial charge in [0.25, 0.3) is 0 Å². The Morgan fingerprint density at radius 1 is 1.32 bits per heavy atom. The van der Waals surface area contributed by atoms with Gasteiger partial charge in [0, 0.05) is 17.0 Å². The van der Waals surface area contributed by atoms with Gasteiger partial charge in [-0.3, -0.25) is 0 Å². The van der Waals surface area contributed by atoms with Gasteiger partial charge in [-0.15, -0.1) is 11.3 Å². The fraction of sp³-hybridized carbons (Fsp3) is 0.333. The van der Waals surface area contributed by atoms with E-state index in [9.17, 15) is 4.39 Å². The average Bonchev–Trinajstić information content (AvgIpc) is 2.94. The quantitative estimate of drug-likeness (QED) is 0.760. The fourth-order valence-corrected chi connectivity index (χ4v) is 3.05. The second kappa shape index (κ2) is 7.68. The molecule has 102 valence electrons. The molecule has 0 bridgehead atoms. The van der Waals surface area contributed by atoms with Crippen LogP contribution in [0.1, 0.15) is 12.0 Å². The van der Waals surface area contributed by atoms with Crippen LogP contribution >= 0.6 is 23.1 Å². The van der Waals surface area contributed by atoms with E-state index in [-0.39, 0.29) is 5.82 Å². The molecule has 1 heterocycles. The highest BCUT2D eigenvalue weighted by Crippen LogP contribution is 2.28. The topological polar surface area (TPSA) is 12.0 Å². The van der Waals surface area contributed by atoms with Crippen molar-refractivity contribution in [2.75, 3.05) is 18.6 Å². The monoisotopic (exact) mass is 295 g/mol. The third kappa shape index (κ3) is 4.34. The molecule has 0 saturated heterocycles. The molecule has 0 amide bonds. The van der Waals surface area contributed by atoms with Crippen LogP contribution in [0.4, 0.5) is 4.39 Å². The zero-order valence-corrected chi connectivity index (χ0v) is 12.6. The van der Waals surface area contributed by atoms with Crippen LogP contribution in [0.25, 0.3) is 10.4 Å². The van der Waals surface area contributed by atoms with Crippen LogP contribution in [-0.2, 0) is 6.54 Å². The maximum atomic E-state index is 13.8. The van der Waals surface area contributed by atoms with E-state index in [0.29, 0.717) is 5.56 Å². The molecule has 0 aliphatic heterocycles. The van der Waals surface area contributed by atoms with Crippen LogP contribution in [0.5, 0.6) is 0 Å². The minimum Gasteiger partial charge on any atom is -0.313 e. The smallest absolute Gasteiger partial charge is 0.131 e. The second-order valence-corrected chi connectivity index (χ2v) is 6.25. The SMILES string of the molecule is CSCCCNCc1ccc(F)c(-c2cccs2)c1. The summed E-state index contributed by atoms with van der Waals surface area (Å²) in [4.78, 5) is 0.988. The molecule has 1 aromatic heterocycles. The summed E-state index contributed by atoms with van der Waals surface area (Å²) in [5.41, 5.74) is 1.84. The molecular formula is C15H18FNS2. The predicted octanol–water partition coefficient (Wildman–Crippen LogP) is 4.40. The van der Waals surface area contributed by atoms with Crippen molar-refractivity contribution in [2.45, 2.75) is 13.0 Å². The Bertz CT molecular complexity index is 497. The molecular weight excluding hydrogens is 277 g/mol. The highest BCUT2D eigenvalue weighted by atomic mass is 32.2. The zero-order valence-electron chi connectivity index (χ0n) is 11.0. The van der Waals surface area contributed by atoms with Crippen LogP contribution in [0.3, 0.4) is 0 Å². The first-order valence-electron chi connectivity index (χ1n) is 6.33. The zero-order chi connectivity index (χ0) is 13.5. The Kier molecular flexibility index (Phi) is 5.89. The Hall–Kier alpha value is -0.840. The van der Waals surface area contributed by atoms with Gasteiger partial charge in [0.1, 0.15) is 5.82 Å². The van der Waals surface area contributed by atoms with Crippen molar-refractivity contribution in [1.82, 2.24) is 5.32 Å². The van der Waals surface area contributed by atoms with Gasteiger partial charge in [-0.2, -0.15) is 11.8 Å². The van der Waals surface area contributed by atoms with Gasteiger partial charge in [0.05, 0.1) is 0 Å². The van der Waals surface area contributed by atoms with Crippen LogP contribution in [0.15, 0.2) is 35.7 Å². The number of rotatable bonds is 7. The molecule has 2 aromatic rings.